The topological polar surface area (TPSA) is 161 Å². The molecule has 1 radical (unpaired) electrons. The summed E-state index contributed by atoms with van der Waals surface area (Å²) in [6, 6.07) is 12.4. The molecule has 2 fully saturated rings. The van der Waals surface area contributed by atoms with Crippen molar-refractivity contribution in [2.24, 2.45) is 5.92 Å². The molecule has 0 aromatic heterocycles. The maximum Gasteiger partial charge on any atom is 0.208 e. The van der Waals surface area contributed by atoms with Crippen LogP contribution in [0.2, 0.25) is 0 Å². The number of aliphatic hydroxyl groups excluding tert-OH is 1. The van der Waals surface area contributed by atoms with Crippen molar-refractivity contribution in [2.75, 3.05) is 27.4 Å². The highest BCUT2D eigenvalue weighted by atomic mass is 16.6. The van der Waals surface area contributed by atoms with E-state index in [-0.39, 0.29) is 11.5 Å². The van der Waals surface area contributed by atoms with Gasteiger partial charge in [-0.2, -0.15) is 0 Å². The highest BCUT2D eigenvalue weighted by molar-refractivity contribution is 6.03. The molecular weight excluding hydrogens is 488 g/mol. The molecule has 11 heteroatoms. The number of hydrogen-bond donors (Lipinski definition) is 4. The normalized spacial score (nSPS) is 32.5. The quantitative estimate of drug-likeness (QED) is 0.337. The van der Waals surface area contributed by atoms with Crippen LogP contribution in [0.1, 0.15) is 6.92 Å². The summed E-state index contributed by atoms with van der Waals surface area (Å²) in [7, 11) is 2.97. The van der Waals surface area contributed by atoms with Gasteiger partial charge in [0.1, 0.15) is 54.5 Å². The number of carbonyl (C=O) groups excluding carboxylic acids is 2. The molecular formula is C26H29O11. The second-order valence-electron chi connectivity index (χ2n) is 9.03. The number of carbonyl (C=O) groups is 2. The molecule has 0 amide bonds. The van der Waals surface area contributed by atoms with Crippen molar-refractivity contribution in [3.63, 3.8) is 0 Å². The van der Waals surface area contributed by atoms with E-state index in [0.29, 0.717) is 18.1 Å². The summed E-state index contributed by atoms with van der Waals surface area (Å²) in [6.07, 6.45) is -2.73. The lowest BCUT2D eigenvalue weighted by molar-refractivity contribution is -0.370. The molecule has 1 saturated heterocycles. The first-order chi connectivity index (χ1) is 17.5. The van der Waals surface area contributed by atoms with Crippen molar-refractivity contribution in [1.82, 2.24) is 0 Å². The minimum atomic E-state index is -3.13. The van der Waals surface area contributed by atoms with Crippen LogP contribution < -0.4 is 18.9 Å². The second kappa shape index (κ2) is 9.92. The Balaban J connectivity index is 1.59. The van der Waals surface area contributed by atoms with Crippen LogP contribution in [-0.4, -0.2) is 88.4 Å². The number of Topliss-reactive ketones (excluding diaryl/α,β-unsaturated/α-hetero) is 2. The van der Waals surface area contributed by atoms with E-state index in [2.05, 4.69) is 0 Å². The molecule has 11 nitrogen and oxygen atoms in total. The lowest BCUT2D eigenvalue weighted by Crippen LogP contribution is -2.90. The first kappa shape index (κ1) is 26.8. The summed E-state index contributed by atoms with van der Waals surface area (Å²) in [5.74, 6) is -1.93. The van der Waals surface area contributed by atoms with E-state index < -0.39 is 59.7 Å². The number of ether oxygens (including phenoxy) is 5. The number of fused-ring (bicyclic) bond motifs is 1. The van der Waals surface area contributed by atoms with Gasteiger partial charge in [0.25, 0.3) is 0 Å². The zero-order chi connectivity index (χ0) is 27.0. The second-order valence-corrected chi connectivity index (χ2v) is 9.03. The molecule has 2 aromatic rings. The van der Waals surface area contributed by atoms with Gasteiger partial charge in [0.15, 0.2) is 11.2 Å². The Labute approximate surface area is 213 Å². The highest BCUT2D eigenvalue weighted by Crippen LogP contribution is 2.56. The number of methoxy groups -OCH3 is 2. The van der Waals surface area contributed by atoms with Crippen LogP contribution in [0.5, 0.6) is 23.0 Å². The molecule has 6 atom stereocenters. The van der Waals surface area contributed by atoms with E-state index in [9.17, 15) is 30.0 Å². The van der Waals surface area contributed by atoms with Gasteiger partial charge in [-0.3, -0.25) is 9.59 Å². The van der Waals surface area contributed by atoms with Crippen molar-refractivity contribution in [3.8, 4) is 23.0 Å². The Bertz CT molecular complexity index is 1130. The fourth-order valence-electron chi connectivity index (χ4n) is 4.76. The first-order valence-electron chi connectivity index (χ1n) is 11.5. The summed E-state index contributed by atoms with van der Waals surface area (Å²) in [4.78, 5) is 26.7. The highest BCUT2D eigenvalue weighted by Gasteiger charge is 2.82. The van der Waals surface area contributed by atoms with Crippen LogP contribution in [0.4, 0.5) is 0 Å². The molecule has 199 valence electrons. The summed E-state index contributed by atoms with van der Waals surface area (Å²) in [6.45, 7) is 0.322. The maximum absolute atomic E-state index is 13.4. The Morgan fingerprint density at radius 1 is 0.811 bits per heavy atom. The van der Waals surface area contributed by atoms with Crippen LogP contribution in [0.15, 0.2) is 48.5 Å². The van der Waals surface area contributed by atoms with E-state index in [1.165, 1.54) is 45.4 Å². The number of hydrogen-bond acceptors (Lipinski definition) is 11. The summed E-state index contributed by atoms with van der Waals surface area (Å²) < 4.78 is 26.3. The predicted molar refractivity (Wildman–Crippen MR) is 126 cm³/mol. The molecule has 0 bridgehead atoms. The molecule has 37 heavy (non-hydrogen) atoms. The van der Waals surface area contributed by atoms with Gasteiger partial charge in [-0.15, -0.1) is 0 Å². The average Bonchev–Trinajstić information content (AvgIpc) is 2.93. The molecule has 1 aliphatic carbocycles. The number of benzene rings is 2. The smallest absolute Gasteiger partial charge is 0.208 e. The zero-order valence-electron chi connectivity index (χ0n) is 20.5. The lowest BCUT2D eigenvalue weighted by atomic mass is 9.50. The molecule has 0 spiro atoms. The molecule has 1 saturated carbocycles. The van der Waals surface area contributed by atoms with Gasteiger partial charge in [-0.25, -0.2) is 0 Å². The third-order valence-electron chi connectivity index (χ3n) is 7.15. The van der Waals surface area contributed by atoms with Crippen molar-refractivity contribution < 1.29 is 53.7 Å². The predicted octanol–water partition coefficient (Wildman–Crippen LogP) is 0.0643. The molecule has 4 rings (SSSR count). The SMILES string of the molecule is COc1ccc(OCC(=O)[C@@]2(O)[C@](O)(C(=O)COc3ccc(OC)cc3)[CH]O[C@@H]3C(O)C(C)[C@@]32O)cc1. The Morgan fingerprint density at radius 2 is 1.24 bits per heavy atom. The Hall–Kier alpha value is -3.22. The van der Waals surface area contributed by atoms with E-state index in [4.69, 9.17) is 23.7 Å². The van der Waals surface area contributed by atoms with Crippen molar-refractivity contribution in [1.29, 1.82) is 0 Å². The fraction of sp³-hybridized carbons (Fsp3) is 0.423. The molecule has 2 aromatic carbocycles. The van der Waals surface area contributed by atoms with E-state index in [1.54, 1.807) is 24.3 Å². The molecule has 2 unspecified atom stereocenters. The van der Waals surface area contributed by atoms with Gasteiger partial charge in [0.05, 0.1) is 20.3 Å². The third-order valence-corrected chi connectivity index (χ3v) is 7.15. The Morgan fingerprint density at radius 3 is 1.70 bits per heavy atom. The Kier molecular flexibility index (Phi) is 7.19. The van der Waals surface area contributed by atoms with Crippen LogP contribution >= 0.6 is 0 Å². The molecule has 4 N–H and O–H groups in total. The van der Waals surface area contributed by atoms with Gasteiger partial charge in [0.2, 0.25) is 11.6 Å². The standard InChI is InChI=1S/C26H29O11/c1-15-22(29)23-25(15,31)26(32,21(28)13-36-19-10-6-17(34-3)7-11-19)24(30,14-37-23)20(27)12-35-18-8-4-16(33-2)5-9-18/h4-11,14-15,22-23,29-32H,12-13H2,1-3H3/t15?,22?,23-,24-,25-,26-/m1/s1. The van der Waals surface area contributed by atoms with Gasteiger partial charge in [-0.05, 0) is 48.5 Å². The number of aliphatic hydroxyl groups is 4. The van der Waals surface area contributed by atoms with E-state index >= 15 is 0 Å². The van der Waals surface area contributed by atoms with Crippen LogP contribution in [0.3, 0.4) is 0 Å². The minimum Gasteiger partial charge on any atom is -0.497 e. The van der Waals surface area contributed by atoms with Gasteiger partial charge in [0, 0.05) is 5.92 Å². The molecule has 2 aliphatic rings. The monoisotopic (exact) mass is 517 g/mol. The van der Waals surface area contributed by atoms with Crippen LogP contribution in [0.25, 0.3) is 0 Å². The summed E-state index contributed by atoms with van der Waals surface area (Å²) >= 11 is 0. The van der Waals surface area contributed by atoms with E-state index in [1.807, 2.05) is 0 Å². The van der Waals surface area contributed by atoms with Crippen LogP contribution in [-0.2, 0) is 14.3 Å². The third kappa shape index (κ3) is 4.12. The largest absolute Gasteiger partial charge is 0.497 e. The van der Waals surface area contributed by atoms with Crippen molar-refractivity contribution in [2.45, 2.75) is 35.9 Å². The number of ketones is 2. The fourth-order valence-corrected chi connectivity index (χ4v) is 4.76. The van der Waals surface area contributed by atoms with Crippen molar-refractivity contribution >= 4 is 11.6 Å². The lowest BCUT2D eigenvalue weighted by Gasteiger charge is -2.65. The first-order valence-corrected chi connectivity index (χ1v) is 11.5. The van der Waals surface area contributed by atoms with Gasteiger partial charge < -0.3 is 44.1 Å². The minimum absolute atomic E-state index is 0.233. The van der Waals surface area contributed by atoms with Crippen molar-refractivity contribution in [3.05, 3.63) is 55.1 Å². The maximum atomic E-state index is 13.4. The summed E-state index contributed by atoms with van der Waals surface area (Å²) in [5.41, 5.74) is -8.67. The van der Waals surface area contributed by atoms with Gasteiger partial charge >= 0.3 is 0 Å². The average molecular weight is 518 g/mol. The van der Waals surface area contributed by atoms with Gasteiger partial charge in [-0.1, -0.05) is 6.92 Å². The zero-order valence-corrected chi connectivity index (χ0v) is 20.5. The molecule has 1 aliphatic heterocycles. The van der Waals surface area contributed by atoms with Crippen LogP contribution in [0, 0.1) is 12.5 Å². The van der Waals surface area contributed by atoms with E-state index in [0.717, 1.165) is 0 Å². The molecule has 1 heterocycles. The number of rotatable bonds is 10. The summed E-state index contributed by atoms with van der Waals surface area (Å²) in [5, 5.41) is 44.9.